The van der Waals surface area contributed by atoms with Crippen molar-refractivity contribution in [2.75, 3.05) is 6.54 Å². The summed E-state index contributed by atoms with van der Waals surface area (Å²) in [5, 5.41) is 12.7. The highest BCUT2D eigenvalue weighted by atomic mass is 32.1. The van der Waals surface area contributed by atoms with Gasteiger partial charge in [0.15, 0.2) is 6.10 Å². The number of aromatic nitrogens is 2. The number of nitrogens with zero attached hydrogens (tertiary/aromatic N) is 2. The van der Waals surface area contributed by atoms with Crippen LogP contribution in [0.4, 0.5) is 0 Å². The molecule has 2 aromatic rings. The lowest BCUT2D eigenvalue weighted by molar-refractivity contribution is -0.153. The van der Waals surface area contributed by atoms with Crippen LogP contribution in [0.5, 0.6) is 0 Å². The summed E-state index contributed by atoms with van der Waals surface area (Å²) in [4.78, 5) is 26.1. The molecular weight excluding hydrogens is 390 g/mol. The van der Waals surface area contributed by atoms with Crippen molar-refractivity contribution in [2.45, 2.75) is 51.6 Å². The summed E-state index contributed by atoms with van der Waals surface area (Å²) in [6.07, 6.45) is 6.11. The van der Waals surface area contributed by atoms with Gasteiger partial charge in [0.25, 0.3) is 11.8 Å². The van der Waals surface area contributed by atoms with Crippen LogP contribution in [0.25, 0.3) is 10.8 Å². The Labute approximate surface area is 173 Å². The molecule has 4 saturated carbocycles. The SMILES string of the molecule is C[C@@H](OC(=O)CNC(=O)C12CC3CC(CC(C3)C1)C2)c1nnc(-c2cccs2)o1. The molecule has 4 aliphatic rings. The number of esters is 1. The second-order valence-electron chi connectivity index (χ2n) is 8.94. The monoisotopic (exact) mass is 415 g/mol. The van der Waals surface area contributed by atoms with Crippen molar-refractivity contribution in [1.29, 1.82) is 0 Å². The Hall–Kier alpha value is -2.22. The quantitative estimate of drug-likeness (QED) is 0.723. The van der Waals surface area contributed by atoms with Crippen LogP contribution >= 0.6 is 11.3 Å². The van der Waals surface area contributed by atoms with Gasteiger partial charge in [0, 0.05) is 5.41 Å². The number of carbonyl (C=O) groups excluding carboxylic acids is 2. The Morgan fingerprint density at radius 2 is 1.93 bits per heavy atom. The van der Waals surface area contributed by atoms with Gasteiger partial charge in [-0.1, -0.05) is 6.07 Å². The van der Waals surface area contributed by atoms with E-state index in [-0.39, 0.29) is 23.8 Å². The fourth-order valence-corrected chi connectivity index (χ4v) is 6.56. The molecule has 154 valence electrons. The van der Waals surface area contributed by atoms with E-state index in [9.17, 15) is 9.59 Å². The lowest BCUT2D eigenvalue weighted by Crippen LogP contribution is -2.54. The molecule has 0 radical (unpaired) electrons. The highest BCUT2D eigenvalue weighted by Gasteiger charge is 2.54. The van der Waals surface area contributed by atoms with Crippen LogP contribution in [0.1, 0.15) is 57.4 Å². The molecule has 1 atom stereocenters. The van der Waals surface area contributed by atoms with Gasteiger partial charge >= 0.3 is 5.97 Å². The normalized spacial score (nSPS) is 30.9. The summed E-state index contributed by atoms with van der Waals surface area (Å²) in [5.74, 6) is 2.25. The number of hydrogen-bond acceptors (Lipinski definition) is 7. The van der Waals surface area contributed by atoms with E-state index in [2.05, 4.69) is 15.5 Å². The van der Waals surface area contributed by atoms with Crippen LogP contribution < -0.4 is 5.32 Å². The Morgan fingerprint density at radius 3 is 2.55 bits per heavy atom. The van der Waals surface area contributed by atoms with Crippen molar-refractivity contribution in [3.63, 3.8) is 0 Å². The predicted molar refractivity (Wildman–Crippen MR) is 106 cm³/mol. The first-order chi connectivity index (χ1) is 14.0. The molecule has 0 aliphatic heterocycles. The second kappa shape index (κ2) is 7.23. The molecule has 6 rings (SSSR count). The molecule has 0 aromatic carbocycles. The first-order valence-corrected chi connectivity index (χ1v) is 11.2. The fraction of sp³-hybridized carbons (Fsp3) is 0.619. The summed E-state index contributed by atoms with van der Waals surface area (Å²) in [6.45, 7) is 1.56. The maximum atomic E-state index is 12.9. The van der Waals surface area contributed by atoms with Crippen molar-refractivity contribution in [1.82, 2.24) is 15.5 Å². The van der Waals surface area contributed by atoms with Gasteiger partial charge in [0.2, 0.25) is 5.91 Å². The van der Waals surface area contributed by atoms with Gasteiger partial charge < -0.3 is 14.5 Å². The summed E-state index contributed by atoms with van der Waals surface area (Å²) in [6, 6.07) is 3.79. The van der Waals surface area contributed by atoms with E-state index in [0.29, 0.717) is 23.6 Å². The molecule has 1 amide bonds. The van der Waals surface area contributed by atoms with Crippen LogP contribution in [-0.4, -0.2) is 28.6 Å². The highest BCUT2D eigenvalue weighted by molar-refractivity contribution is 7.13. The number of carbonyl (C=O) groups is 2. The number of nitrogens with one attached hydrogen (secondary N) is 1. The number of amides is 1. The summed E-state index contributed by atoms with van der Waals surface area (Å²) < 4.78 is 11.0. The summed E-state index contributed by atoms with van der Waals surface area (Å²) in [7, 11) is 0. The fourth-order valence-electron chi connectivity index (χ4n) is 5.92. The molecule has 2 heterocycles. The third-order valence-electron chi connectivity index (χ3n) is 6.74. The minimum absolute atomic E-state index is 0.0268. The van der Waals surface area contributed by atoms with Gasteiger partial charge in [-0.3, -0.25) is 9.59 Å². The number of thiophene rings is 1. The predicted octanol–water partition coefficient (Wildman–Crippen LogP) is 3.73. The molecule has 0 unspecified atom stereocenters. The summed E-state index contributed by atoms with van der Waals surface area (Å²) >= 11 is 1.50. The van der Waals surface area contributed by atoms with E-state index in [1.165, 1.54) is 30.6 Å². The zero-order valence-corrected chi connectivity index (χ0v) is 17.2. The largest absolute Gasteiger partial charge is 0.451 e. The topological polar surface area (TPSA) is 94.3 Å². The Kier molecular flexibility index (Phi) is 4.69. The Balaban J connectivity index is 1.15. The van der Waals surface area contributed by atoms with Crippen LogP contribution in [0, 0.1) is 23.2 Å². The average Bonchev–Trinajstić information content (AvgIpc) is 3.36. The molecule has 8 heteroatoms. The van der Waals surface area contributed by atoms with Crippen molar-refractivity contribution in [3.05, 3.63) is 23.4 Å². The molecule has 29 heavy (non-hydrogen) atoms. The first kappa shape index (κ1) is 18.8. The lowest BCUT2D eigenvalue weighted by Gasteiger charge is -2.55. The maximum absolute atomic E-state index is 12.9. The number of hydrogen-bond donors (Lipinski definition) is 1. The number of ether oxygens (including phenoxy) is 1. The summed E-state index contributed by atoms with van der Waals surface area (Å²) in [5.41, 5.74) is -0.261. The average molecular weight is 416 g/mol. The van der Waals surface area contributed by atoms with Crippen molar-refractivity contribution >= 4 is 23.2 Å². The highest BCUT2D eigenvalue weighted by Crippen LogP contribution is 2.60. The Morgan fingerprint density at radius 1 is 1.24 bits per heavy atom. The minimum Gasteiger partial charge on any atom is -0.451 e. The molecule has 1 N–H and O–H groups in total. The smallest absolute Gasteiger partial charge is 0.326 e. The van der Waals surface area contributed by atoms with Crippen LogP contribution in [0.3, 0.4) is 0 Å². The van der Waals surface area contributed by atoms with E-state index >= 15 is 0 Å². The van der Waals surface area contributed by atoms with Crippen LogP contribution in [-0.2, 0) is 14.3 Å². The first-order valence-electron chi connectivity index (χ1n) is 10.4. The molecule has 4 aliphatic carbocycles. The molecule has 2 aromatic heterocycles. The van der Waals surface area contributed by atoms with Crippen LogP contribution in [0.15, 0.2) is 21.9 Å². The van der Waals surface area contributed by atoms with Gasteiger partial charge in [-0.25, -0.2) is 0 Å². The maximum Gasteiger partial charge on any atom is 0.326 e. The second-order valence-corrected chi connectivity index (χ2v) is 9.88. The third-order valence-corrected chi connectivity index (χ3v) is 7.60. The molecule has 0 saturated heterocycles. The Bertz CT molecular complexity index is 872. The van der Waals surface area contributed by atoms with Crippen molar-refractivity contribution < 1.29 is 18.7 Å². The van der Waals surface area contributed by atoms with Crippen molar-refractivity contribution in [3.8, 4) is 10.8 Å². The van der Waals surface area contributed by atoms with E-state index in [1.807, 2.05) is 17.5 Å². The molecule has 4 fully saturated rings. The van der Waals surface area contributed by atoms with Gasteiger partial charge in [-0.2, -0.15) is 0 Å². The van der Waals surface area contributed by atoms with Gasteiger partial charge in [-0.15, -0.1) is 21.5 Å². The minimum atomic E-state index is -0.667. The van der Waals surface area contributed by atoms with Gasteiger partial charge in [-0.05, 0) is 74.6 Å². The van der Waals surface area contributed by atoms with E-state index in [1.54, 1.807) is 6.92 Å². The van der Waals surface area contributed by atoms with E-state index in [4.69, 9.17) is 9.15 Å². The zero-order chi connectivity index (χ0) is 20.0. The third kappa shape index (κ3) is 3.58. The molecule has 4 bridgehead atoms. The molecule has 0 spiro atoms. The molecular formula is C21H25N3O4S. The van der Waals surface area contributed by atoms with E-state index in [0.717, 1.165) is 24.1 Å². The lowest BCUT2D eigenvalue weighted by atomic mass is 9.49. The van der Waals surface area contributed by atoms with Gasteiger partial charge in [0.1, 0.15) is 6.54 Å². The van der Waals surface area contributed by atoms with E-state index < -0.39 is 12.1 Å². The van der Waals surface area contributed by atoms with Crippen LogP contribution in [0.2, 0.25) is 0 Å². The number of rotatable bonds is 6. The molecule has 7 nitrogen and oxygen atoms in total. The van der Waals surface area contributed by atoms with Gasteiger partial charge in [0.05, 0.1) is 4.88 Å². The van der Waals surface area contributed by atoms with Crippen molar-refractivity contribution in [2.24, 2.45) is 23.2 Å². The standard InChI is InChI=1S/C21H25N3O4S/c1-12(18-23-24-19(28-18)16-3-2-4-29-16)27-17(25)11-22-20(26)21-8-13-5-14(9-21)7-15(6-13)10-21/h2-4,12-15H,5-11H2,1H3,(H,22,26)/t12-,13?,14?,15?,21?/m1/s1. The zero-order valence-electron chi connectivity index (χ0n) is 16.4.